The second-order valence-electron chi connectivity index (χ2n) is 35.4. The first-order valence-electron chi connectivity index (χ1n) is 37.8. The number of hydrogen-bond donors (Lipinski definition) is 2. The molecule has 18 heteroatoms. The molecule has 10 aliphatic rings. The van der Waals surface area contributed by atoms with Crippen LogP contribution in [-0.2, 0) is 87.5 Å². The second-order valence-corrected chi connectivity index (χ2v) is 35.4. The third kappa shape index (κ3) is 23.3. The van der Waals surface area contributed by atoms with Crippen molar-refractivity contribution in [2.45, 2.75) is 333 Å². The number of benzene rings is 2. The van der Waals surface area contributed by atoms with E-state index in [2.05, 4.69) is 0 Å². The van der Waals surface area contributed by atoms with E-state index in [9.17, 15) is 48.6 Å². The number of carbonyl (C=O) groups is 8. The standard InChI is InChI=1S/2C16H26O3.C16H24O2.C15H22O2.2C10H16O4/c2*1-4-14(2,3)13(17)19-16-8-11-5-12(9-16)7-15(18,6-11)10-16;1-6-15(3,4)14(17)18-16(5,7-2)13-11-9-8-10-12-13;1-6-14(2,3)13(16)17-15(4,5)12-10-8-7-9-11-12;2*1-4-10(2,3)9(12)14-7-5-8(11)13-6-7/h2*11-12,18H,4-10H2,1-3H3;8-12H,6-7H2,1-5H3;7-11H,6H2,1-5H3;2*7H,4-6H2,1-3H3. The fraction of sp³-hybridized carbons (Fsp3) is 0.759. The Labute approximate surface area is 605 Å². The topological polar surface area (TPSA) is 251 Å². The monoisotopic (exact) mass is 1410 g/mol. The number of cyclic esters (lactones) is 2. The molecule has 570 valence electrons. The van der Waals surface area contributed by atoms with Crippen LogP contribution in [0.3, 0.4) is 0 Å². The summed E-state index contributed by atoms with van der Waals surface area (Å²) in [6, 6.07) is 19.8. The largest absolute Gasteiger partial charge is 0.462 e. The summed E-state index contributed by atoms with van der Waals surface area (Å²) in [6.45, 7) is 42.9. The van der Waals surface area contributed by atoms with E-state index >= 15 is 0 Å². The minimum atomic E-state index is -0.579. The highest BCUT2D eigenvalue weighted by molar-refractivity contribution is 5.80. The molecule has 10 fully saturated rings. The summed E-state index contributed by atoms with van der Waals surface area (Å²) in [4.78, 5) is 93.7. The van der Waals surface area contributed by atoms with Crippen LogP contribution < -0.4 is 0 Å². The molecular weight excluding hydrogens is 1280 g/mol. The van der Waals surface area contributed by atoms with Gasteiger partial charge in [0.15, 0.2) is 0 Å². The van der Waals surface area contributed by atoms with Crippen LogP contribution in [0.1, 0.15) is 298 Å². The third-order valence-corrected chi connectivity index (χ3v) is 23.6. The lowest BCUT2D eigenvalue weighted by Gasteiger charge is -2.59. The Morgan fingerprint density at radius 2 is 0.683 bits per heavy atom. The highest BCUT2D eigenvalue weighted by Gasteiger charge is 2.61. The van der Waals surface area contributed by atoms with Crippen molar-refractivity contribution in [2.75, 3.05) is 13.2 Å². The van der Waals surface area contributed by atoms with Gasteiger partial charge in [0.1, 0.15) is 47.8 Å². The summed E-state index contributed by atoms with van der Waals surface area (Å²) in [7, 11) is 0. The van der Waals surface area contributed by atoms with Crippen LogP contribution in [-0.4, -0.2) is 106 Å². The minimum absolute atomic E-state index is 0.0828. The van der Waals surface area contributed by atoms with Crippen molar-refractivity contribution in [2.24, 2.45) is 56.2 Å². The van der Waals surface area contributed by atoms with Gasteiger partial charge in [-0.15, -0.1) is 0 Å². The quantitative estimate of drug-likeness (QED) is 0.0870. The molecule has 8 saturated carbocycles. The van der Waals surface area contributed by atoms with Crippen molar-refractivity contribution in [3.8, 4) is 0 Å². The number of hydrogen-bond acceptors (Lipinski definition) is 18. The number of carbonyl (C=O) groups excluding carboxylic acids is 8. The predicted molar refractivity (Wildman–Crippen MR) is 388 cm³/mol. The maximum atomic E-state index is 12.4. The predicted octanol–water partition coefficient (Wildman–Crippen LogP) is 16.9. The third-order valence-electron chi connectivity index (χ3n) is 23.6. The van der Waals surface area contributed by atoms with Crippen LogP contribution in [0.4, 0.5) is 0 Å². The van der Waals surface area contributed by atoms with E-state index in [4.69, 9.17) is 37.9 Å². The van der Waals surface area contributed by atoms with Crippen LogP contribution in [0.5, 0.6) is 0 Å². The molecule has 8 bridgehead atoms. The molecule has 7 atom stereocenters. The molecule has 0 aromatic heterocycles. The van der Waals surface area contributed by atoms with Crippen LogP contribution in [0, 0.1) is 56.2 Å². The van der Waals surface area contributed by atoms with Gasteiger partial charge in [-0.1, -0.05) is 109 Å². The minimum Gasteiger partial charge on any atom is -0.462 e. The van der Waals surface area contributed by atoms with E-state index in [1.807, 2.05) is 213 Å². The Hall–Kier alpha value is -5.88. The van der Waals surface area contributed by atoms with Gasteiger partial charge in [0.2, 0.25) is 0 Å². The zero-order chi connectivity index (χ0) is 76.2. The molecule has 2 saturated heterocycles. The molecule has 0 radical (unpaired) electrons. The van der Waals surface area contributed by atoms with Gasteiger partial charge in [-0.3, -0.25) is 38.4 Å². The van der Waals surface area contributed by atoms with E-state index in [1.54, 1.807) is 0 Å². The second kappa shape index (κ2) is 33.9. The first-order chi connectivity index (χ1) is 46.6. The fourth-order valence-corrected chi connectivity index (χ4v) is 14.5. The highest BCUT2D eigenvalue weighted by Crippen LogP contribution is 2.61. The fourth-order valence-electron chi connectivity index (χ4n) is 14.5. The van der Waals surface area contributed by atoms with E-state index in [0.717, 1.165) is 94.6 Å². The lowest BCUT2D eigenvalue weighted by molar-refractivity contribution is -0.226. The van der Waals surface area contributed by atoms with Crippen LogP contribution >= 0.6 is 0 Å². The lowest BCUT2D eigenvalue weighted by atomic mass is 9.52. The molecule has 18 nitrogen and oxygen atoms in total. The lowest BCUT2D eigenvalue weighted by Crippen LogP contribution is -2.61. The summed E-state index contributed by atoms with van der Waals surface area (Å²) in [5.74, 6) is 0.689. The van der Waals surface area contributed by atoms with Gasteiger partial charge >= 0.3 is 47.8 Å². The van der Waals surface area contributed by atoms with Crippen LogP contribution in [0.25, 0.3) is 0 Å². The highest BCUT2D eigenvalue weighted by atomic mass is 16.6. The molecule has 2 aromatic rings. The molecule has 12 rings (SSSR count). The SMILES string of the molecule is CCC(C)(C)C(=O)OC(C)(C)c1ccccc1.CCC(C)(C)C(=O)OC(C)(CC)c1ccccc1.CCC(C)(C)C(=O)OC12CC3CC(CC(O)(C3)C1)C2.CCC(C)(C)C(=O)OC12CC3CC(CC(O)(C3)C1)C2.CCC(C)(C)C(=O)OC1COC(=O)C1.CCC(C)(C)C(=O)OC1COC(=O)C1. The van der Waals surface area contributed by atoms with Gasteiger partial charge < -0.3 is 48.1 Å². The van der Waals surface area contributed by atoms with Gasteiger partial charge in [-0.05, 0) is 248 Å². The molecule has 0 spiro atoms. The summed E-state index contributed by atoms with van der Waals surface area (Å²) in [5, 5.41) is 21.3. The maximum Gasteiger partial charge on any atom is 0.312 e. The number of ether oxygens (including phenoxy) is 8. The summed E-state index contributed by atoms with van der Waals surface area (Å²) >= 11 is 0. The van der Waals surface area contributed by atoms with Crippen molar-refractivity contribution in [3.63, 3.8) is 0 Å². The number of aliphatic hydroxyl groups is 2. The number of rotatable bonds is 21. The van der Waals surface area contributed by atoms with E-state index in [0.29, 0.717) is 49.4 Å². The molecule has 7 unspecified atom stereocenters. The van der Waals surface area contributed by atoms with Gasteiger partial charge in [-0.2, -0.15) is 0 Å². The Morgan fingerprint density at radius 3 is 0.960 bits per heavy atom. The molecule has 2 aromatic carbocycles. The smallest absolute Gasteiger partial charge is 0.312 e. The molecule has 2 N–H and O–H groups in total. The van der Waals surface area contributed by atoms with Crippen molar-refractivity contribution in [1.82, 2.24) is 0 Å². The van der Waals surface area contributed by atoms with Gasteiger partial charge in [0.25, 0.3) is 0 Å². The van der Waals surface area contributed by atoms with E-state index in [1.165, 1.54) is 12.8 Å². The van der Waals surface area contributed by atoms with E-state index < -0.39 is 54.9 Å². The molecule has 2 heterocycles. The zero-order valence-electron chi connectivity index (χ0n) is 65.9. The molecule has 2 aliphatic heterocycles. The Kier molecular flexibility index (Phi) is 28.8. The number of esters is 8. The average Bonchev–Trinajstić information content (AvgIpc) is 0.892. The van der Waals surface area contributed by atoms with Crippen molar-refractivity contribution < 1.29 is 86.5 Å². The van der Waals surface area contributed by atoms with Crippen molar-refractivity contribution in [3.05, 3.63) is 71.8 Å². The first kappa shape index (κ1) is 85.8. The molecule has 0 amide bonds. The average molecular weight is 1420 g/mol. The van der Waals surface area contributed by atoms with Gasteiger partial charge in [-0.25, -0.2) is 0 Å². The van der Waals surface area contributed by atoms with Gasteiger partial charge in [0, 0.05) is 12.8 Å². The van der Waals surface area contributed by atoms with E-state index in [-0.39, 0.29) is 97.2 Å². The maximum absolute atomic E-state index is 12.4. The summed E-state index contributed by atoms with van der Waals surface area (Å²) in [6.07, 6.45) is 16.2. The Bertz CT molecular complexity index is 2960. The van der Waals surface area contributed by atoms with Crippen molar-refractivity contribution in [1.29, 1.82) is 0 Å². The normalized spacial score (nSPS) is 27.5. The zero-order valence-corrected chi connectivity index (χ0v) is 65.9. The van der Waals surface area contributed by atoms with Crippen molar-refractivity contribution >= 4 is 47.8 Å². The molecule has 8 aliphatic carbocycles. The van der Waals surface area contributed by atoms with Crippen LogP contribution in [0.15, 0.2) is 60.7 Å². The molecule has 101 heavy (non-hydrogen) atoms. The summed E-state index contributed by atoms with van der Waals surface area (Å²) in [5.41, 5.74) is -3.51. The Morgan fingerprint density at radius 1 is 0.396 bits per heavy atom. The van der Waals surface area contributed by atoms with Crippen LogP contribution in [0.2, 0.25) is 0 Å². The summed E-state index contributed by atoms with van der Waals surface area (Å²) < 4.78 is 43.1. The first-order valence-corrected chi connectivity index (χ1v) is 37.8. The molecular formula is C83H130O18. The van der Waals surface area contributed by atoms with Gasteiger partial charge in [0.05, 0.1) is 56.5 Å². The Balaban J connectivity index is 0.000000219.